The number of rotatable bonds is 4. The monoisotopic (exact) mass is 301 g/mol. The van der Waals surface area contributed by atoms with Crippen LogP contribution in [-0.2, 0) is 23.8 Å². The van der Waals surface area contributed by atoms with Crippen LogP contribution in [0.2, 0.25) is 0 Å². The first-order chi connectivity index (χ1) is 9.62. The Morgan fingerprint density at radius 2 is 1.90 bits per heavy atom. The molecule has 7 heteroatoms. The van der Waals surface area contributed by atoms with Crippen LogP contribution in [0.4, 0.5) is 0 Å². The van der Waals surface area contributed by atoms with Crippen molar-refractivity contribution in [3.63, 3.8) is 0 Å². The molecular formula is C13H16ClNO5. The van der Waals surface area contributed by atoms with E-state index in [0.29, 0.717) is 38.3 Å². The number of ether oxygens (including phenoxy) is 3. The van der Waals surface area contributed by atoms with Crippen LogP contribution >= 0.6 is 11.6 Å². The fraction of sp³-hybridized carbons (Fsp3) is 0.538. The molecule has 0 spiro atoms. The number of morpholine rings is 1. The van der Waals surface area contributed by atoms with Gasteiger partial charge in [0.25, 0.3) is 0 Å². The van der Waals surface area contributed by atoms with Gasteiger partial charge in [-0.3, -0.25) is 9.59 Å². The van der Waals surface area contributed by atoms with E-state index in [4.69, 9.17) is 25.8 Å². The van der Waals surface area contributed by atoms with E-state index >= 15 is 0 Å². The second kappa shape index (κ2) is 6.05. The third kappa shape index (κ3) is 2.18. The molecule has 0 N–H and O–H groups in total. The third-order valence-corrected chi connectivity index (χ3v) is 3.81. The van der Waals surface area contributed by atoms with Crippen molar-refractivity contribution in [3.8, 4) is 0 Å². The second-order valence-corrected chi connectivity index (χ2v) is 4.71. The number of allylic oxidation sites excluding steroid dienone is 2. The van der Waals surface area contributed by atoms with Gasteiger partial charge < -0.3 is 19.1 Å². The molecule has 2 rings (SSSR count). The minimum absolute atomic E-state index is 0.0173. The third-order valence-electron chi connectivity index (χ3n) is 3.46. The molecule has 0 aromatic heterocycles. The van der Waals surface area contributed by atoms with Crippen LogP contribution in [0.1, 0.15) is 0 Å². The predicted octanol–water partition coefficient (Wildman–Crippen LogP) is 0.466. The van der Waals surface area contributed by atoms with Crippen molar-refractivity contribution < 1.29 is 23.8 Å². The summed E-state index contributed by atoms with van der Waals surface area (Å²) in [6, 6.07) is 0. The van der Waals surface area contributed by atoms with Crippen molar-refractivity contribution in [2.45, 2.75) is 5.79 Å². The quantitative estimate of drug-likeness (QED) is 0.427. The normalized spacial score (nSPS) is 24.6. The van der Waals surface area contributed by atoms with Crippen LogP contribution in [0.25, 0.3) is 0 Å². The summed E-state index contributed by atoms with van der Waals surface area (Å²) >= 11 is 6.17. The molecule has 0 saturated carbocycles. The molecule has 1 saturated heterocycles. The molecule has 0 unspecified atom stereocenters. The van der Waals surface area contributed by atoms with Crippen molar-refractivity contribution in [2.24, 2.45) is 0 Å². The molecule has 1 fully saturated rings. The number of aldehydes is 1. The zero-order valence-electron chi connectivity index (χ0n) is 11.3. The lowest BCUT2D eigenvalue weighted by Gasteiger charge is -2.38. The largest absolute Gasteiger partial charge is 0.378 e. The number of ketones is 1. The molecule has 6 nitrogen and oxygen atoms in total. The highest BCUT2D eigenvalue weighted by Crippen LogP contribution is 2.44. The first kappa shape index (κ1) is 15.2. The highest BCUT2D eigenvalue weighted by atomic mass is 35.5. The summed E-state index contributed by atoms with van der Waals surface area (Å²) in [5.41, 5.74) is 0.523. The topological polar surface area (TPSA) is 65.1 Å². The van der Waals surface area contributed by atoms with Gasteiger partial charge >= 0.3 is 0 Å². The highest BCUT2D eigenvalue weighted by Gasteiger charge is 2.53. The summed E-state index contributed by atoms with van der Waals surface area (Å²) in [4.78, 5) is 24.9. The number of Topliss-reactive ketones (excluding diaryl/α,β-unsaturated/α-hetero) is 1. The SMILES string of the molecule is COC1(OC)C(N2CCOCC2)=C(Cl)C(=O)/C1=C\C=O. The number of hydrogen-bond acceptors (Lipinski definition) is 6. The fourth-order valence-corrected chi connectivity index (χ4v) is 2.88. The number of methoxy groups -OCH3 is 2. The first-order valence-electron chi connectivity index (χ1n) is 6.16. The Hall–Kier alpha value is -1.21. The molecule has 110 valence electrons. The Labute approximate surface area is 121 Å². The summed E-state index contributed by atoms with van der Waals surface area (Å²) in [7, 11) is 2.82. The molecule has 0 aromatic rings. The zero-order chi connectivity index (χ0) is 14.8. The average molecular weight is 302 g/mol. The molecule has 0 atom stereocenters. The van der Waals surface area contributed by atoms with Crippen LogP contribution in [0.3, 0.4) is 0 Å². The molecule has 1 heterocycles. The molecule has 0 amide bonds. The molecule has 1 aliphatic carbocycles. The van der Waals surface area contributed by atoms with Crippen LogP contribution in [0.5, 0.6) is 0 Å². The number of halogens is 1. The maximum atomic E-state index is 12.2. The fourth-order valence-electron chi connectivity index (χ4n) is 2.53. The summed E-state index contributed by atoms with van der Waals surface area (Å²) in [6.45, 7) is 2.19. The van der Waals surface area contributed by atoms with Gasteiger partial charge in [0, 0.05) is 27.3 Å². The highest BCUT2D eigenvalue weighted by molar-refractivity contribution is 6.47. The lowest BCUT2D eigenvalue weighted by atomic mass is 10.1. The summed E-state index contributed by atoms with van der Waals surface area (Å²) in [6.07, 6.45) is 1.65. The van der Waals surface area contributed by atoms with E-state index in [1.165, 1.54) is 14.2 Å². The van der Waals surface area contributed by atoms with Gasteiger partial charge in [-0.15, -0.1) is 0 Å². The summed E-state index contributed by atoms with van der Waals surface area (Å²) < 4.78 is 16.1. The van der Waals surface area contributed by atoms with Gasteiger partial charge in [0.05, 0.1) is 18.8 Å². The average Bonchev–Trinajstić information content (AvgIpc) is 2.70. The molecule has 20 heavy (non-hydrogen) atoms. The van der Waals surface area contributed by atoms with E-state index in [0.717, 1.165) is 6.08 Å². The van der Waals surface area contributed by atoms with E-state index < -0.39 is 11.6 Å². The smallest absolute Gasteiger partial charge is 0.242 e. The maximum Gasteiger partial charge on any atom is 0.242 e. The van der Waals surface area contributed by atoms with Crippen molar-refractivity contribution in [2.75, 3.05) is 40.5 Å². The van der Waals surface area contributed by atoms with Gasteiger partial charge in [-0.2, -0.15) is 0 Å². The summed E-state index contributed by atoms with van der Waals surface area (Å²) in [5.74, 6) is -1.89. The van der Waals surface area contributed by atoms with Crippen LogP contribution in [-0.4, -0.2) is 63.3 Å². The standard InChI is InChI=1S/C13H16ClNO5/c1-18-13(19-2)9(3-6-16)11(17)10(14)12(13)15-4-7-20-8-5-15/h3,6H,4-5,7-8H2,1-2H3/b9-3+. The van der Waals surface area contributed by atoms with E-state index in [1.54, 1.807) is 0 Å². The predicted molar refractivity (Wildman–Crippen MR) is 71.2 cm³/mol. The lowest BCUT2D eigenvalue weighted by molar-refractivity contribution is -0.164. The molecule has 0 bridgehead atoms. The van der Waals surface area contributed by atoms with Crippen LogP contribution in [0, 0.1) is 0 Å². The number of nitrogens with zero attached hydrogens (tertiary/aromatic N) is 1. The summed E-state index contributed by atoms with van der Waals surface area (Å²) in [5, 5.41) is 0.0173. The Bertz CT molecular complexity index is 475. The molecule has 2 aliphatic rings. The maximum absolute atomic E-state index is 12.2. The van der Waals surface area contributed by atoms with E-state index in [1.807, 2.05) is 4.90 Å². The number of hydrogen-bond donors (Lipinski definition) is 0. The van der Waals surface area contributed by atoms with Gasteiger partial charge in [0.15, 0.2) is 0 Å². The van der Waals surface area contributed by atoms with Gasteiger partial charge in [0.1, 0.15) is 17.0 Å². The molecule has 1 aliphatic heterocycles. The zero-order valence-corrected chi connectivity index (χ0v) is 12.1. The minimum atomic E-state index is -1.44. The number of carbonyl (C=O) groups is 2. The molecular weight excluding hydrogens is 286 g/mol. The van der Waals surface area contributed by atoms with Crippen LogP contribution < -0.4 is 0 Å². The van der Waals surface area contributed by atoms with E-state index in [2.05, 4.69) is 0 Å². The van der Waals surface area contributed by atoms with Crippen molar-refractivity contribution in [1.29, 1.82) is 0 Å². The van der Waals surface area contributed by atoms with Crippen molar-refractivity contribution >= 4 is 23.7 Å². The minimum Gasteiger partial charge on any atom is -0.378 e. The number of carbonyl (C=O) groups excluding carboxylic acids is 2. The van der Waals surface area contributed by atoms with Gasteiger partial charge in [-0.1, -0.05) is 11.6 Å². The second-order valence-electron chi connectivity index (χ2n) is 4.33. The Balaban J connectivity index is 2.52. The Morgan fingerprint density at radius 3 is 2.40 bits per heavy atom. The lowest BCUT2D eigenvalue weighted by Crippen LogP contribution is -2.47. The van der Waals surface area contributed by atoms with E-state index in [-0.39, 0.29) is 10.6 Å². The van der Waals surface area contributed by atoms with Crippen LogP contribution in [0.15, 0.2) is 22.4 Å². The van der Waals surface area contributed by atoms with Gasteiger partial charge in [-0.05, 0) is 6.08 Å². The Morgan fingerprint density at radius 1 is 1.30 bits per heavy atom. The van der Waals surface area contributed by atoms with Gasteiger partial charge in [0.2, 0.25) is 11.6 Å². The van der Waals surface area contributed by atoms with Crippen molar-refractivity contribution in [3.05, 3.63) is 22.4 Å². The van der Waals surface area contributed by atoms with Crippen molar-refractivity contribution in [1.82, 2.24) is 4.90 Å². The molecule has 0 radical (unpaired) electrons. The first-order valence-corrected chi connectivity index (χ1v) is 6.54. The van der Waals surface area contributed by atoms with E-state index in [9.17, 15) is 9.59 Å². The Kier molecular flexibility index (Phi) is 4.59. The van der Waals surface area contributed by atoms with Gasteiger partial charge in [-0.25, -0.2) is 0 Å². The molecule has 0 aromatic carbocycles.